The fraction of sp³-hybridized carbons (Fsp3) is 0.643. The van der Waals surface area contributed by atoms with Gasteiger partial charge in [-0.05, 0) is 108 Å². The number of hydrogen-bond acceptors (Lipinski definition) is 26. The molecule has 48 nitrogen and oxygen atoms in total. The second-order valence-corrected chi connectivity index (χ2v) is 32.8. The lowest BCUT2D eigenvalue weighted by Crippen LogP contribution is -2.61. The molecule has 0 unspecified atom stereocenters. The van der Waals surface area contributed by atoms with Crippen LogP contribution in [0, 0.1) is 18.3 Å². The van der Waals surface area contributed by atoms with Gasteiger partial charge in [-0.15, -0.1) is 0 Å². The van der Waals surface area contributed by atoms with Gasteiger partial charge in [0, 0.05) is 68.9 Å². The zero-order valence-corrected chi connectivity index (χ0v) is 75.2. The van der Waals surface area contributed by atoms with Gasteiger partial charge in [0.1, 0.15) is 78.1 Å². The van der Waals surface area contributed by atoms with Crippen molar-refractivity contribution in [3.8, 4) is 0 Å². The van der Waals surface area contributed by atoms with Crippen molar-refractivity contribution in [1.82, 2.24) is 74.0 Å². The van der Waals surface area contributed by atoms with Crippen LogP contribution in [0.3, 0.4) is 0 Å². The maximum absolute atomic E-state index is 14.5. The van der Waals surface area contributed by atoms with Crippen molar-refractivity contribution in [2.75, 3.05) is 38.6 Å². The largest absolute Gasteiger partial charge is 0.481 e. The highest BCUT2D eigenvalue weighted by atomic mass is 16.4. The predicted molar refractivity (Wildman–Crippen MR) is 474 cm³/mol. The molecule has 18 amide bonds. The number of guanidine groups is 1. The van der Waals surface area contributed by atoms with E-state index in [1.165, 1.54) is 44.6 Å². The van der Waals surface area contributed by atoms with Crippen molar-refractivity contribution in [2.45, 2.75) is 306 Å². The van der Waals surface area contributed by atoms with Crippen molar-refractivity contribution >= 4 is 141 Å². The van der Waals surface area contributed by atoms with Crippen LogP contribution < -0.4 is 115 Å². The summed E-state index contributed by atoms with van der Waals surface area (Å²) in [6, 6.07) is -17.1. The first kappa shape index (κ1) is 113. The maximum Gasteiger partial charge on any atom is 0.340 e. The third kappa shape index (κ3) is 42.6. The third-order valence-corrected chi connectivity index (χ3v) is 21.7. The molecule has 1 fully saturated rings. The number of benzene rings is 1. The number of likely N-dealkylation sites (tertiary alicyclic amines) is 1. The Labute approximate surface area is 762 Å². The molecule has 12 atom stereocenters. The fourth-order valence-corrected chi connectivity index (χ4v) is 14.3. The van der Waals surface area contributed by atoms with E-state index in [2.05, 4.69) is 70.7 Å². The van der Waals surface area contributed by atoms with Crippen molar-refractivity contribution in [1.29, 1.82) is 5.41 Å². The highest BCUT2D eigenvalue weighted by molar-refractivity contribution is 6.02. The number of nitrogens with two attached hydrogens (primary N) is 7. The number of fused-ring (bicyclic) bond motifs is 1. The topological polar surface area (TPSA) is 818 Å². The number of aryl methyl sites for hydroxylation is 1. The fourth-order valence-electron chi connectivity index (χ4n) is 14.3. The average molecular weight is 1870 g/mol. The molecule has 1 aliphatic heterocycles. The Morgan fingerprint density at radius 1 is 0.455 bits per heavy atom. The number of amides is 18. The Hall–Kier alpha value is -13.2. The smallest absolute Gasteiger partial charge is 0.340 e. The minimum atomic E-state index is -2.28. The van der Waals surface area contributed by atoms with Gasteiger partial charge in [0.2, 0.25) is 106 Å². The number of rotatable bonds is 67. The Balaban J connectivity index is 1.94. The molecule has 132 heavy (non-hydrogen) atoms. The molecule has 736 valence electrons. The Kier molecular flexibility index (Phi) is 51.3. The van der Waals surface area contributed by atoms with Crippen LogP contribution in [0.1, 0.15) is 231 Å². The van der Waals surface area contributed by atoms with Gasteiger partial charge in [0.15, 0.2) is 5.96 Å². The van der Waals surface area contributed by atoms with Crippen molar-refractivity contribution in [2.24, 2.45) is 40.3 Å². The van der Waals surface area contributed by atoms with E-state index >= 15 is 0 Å². The number of carboxylic acid groups (broad SMARTS) is 2. The minimum absolute atomic E-state index is 0.00708. The Bertz CT molecular complexity index is 4400. The van der Waals surface area contributed by atoms with E-state index in [0.29, 0.717) is 29.5 Å². The van der Waals surface area contributed by atoms with Crippen LogP contribution in [0.15, 0.2) is 27.4 Å². The van der Waals surface area contributed by atoms with Crippen LogP contribution in [-0.4, -0.2) is 255 Å². The molecule has 3 rings (SSSR count). The molecule has 1 saturated heterocycles. The van der Waals surface area contributed by atoms with Crippen LogP contribution >= 0.6 is 0 Å². The van der Waals surface area contributed by atoms with E-state index in [0.717, 1.165) is 37.0 Å². The first-order valence-electron chi connectivity index (χ1n) is 44.3. The number of carbonyl (C=O) groups excluding carboxylic acids is 18. The van der Waals surface area contributed by atoms with Gasteiger partial charge >= 0.3 is 17.6 Å². The molecule has 0 bridgehead atoms. The summed E-state index contributed by atoms with van der Waals surface area (Å²) < 4.78 is 5.43. The normalized spacial score (nSPS) is 14.8. The highest BCUT2D eigenvalue weighted by Gasteiger charge is 2.42. The number of nitrogens with zero attached hydrogens (tertiary/aromatic N) is 1. The first-order valence-corrected chi connectivity index (χ1v) is 44.3. The van der Waals surface area contributed by atoms with Gasteiger partial charge in [0.05, 0.1) is 38.0 Å². The molecule has 0 aliphatic carbocycles. The van der Waals surface area contributed by atoms with Crippen molar-refractivity contribution < 1.29 is 121 Å². The zero-order valence-electron chi connectivity index (χ0n) is 75.2. The first-order chi connectivity index (χ1) is 62.4. The minimum Gasteiger partial charge on any atom is -0.481 e. The molecule has 1 aliphatic rings. The standard InChI is InChI=1S/C84H134N22O26/c1-5-6-7-8-9-10-11-12-13-14-15-16-17-25-66(113)95-52(28-32-62(86)109)74(122)96-50(22-18-19-36-93-67(114)40-49-46(4)48-27-26-47(85)39-61(48)132-83(49)131)72(120)103-58(43-107)79(127)99-53(29-33-63(87)110)75(123)97-51(23-20-37-94-84(91)92)73(121)104-59(44-108)80(128)100-54(30-34-64(88)111)76(124)101-56(42-69(117)118)78(126)98-55(31-35-68(115)116)77(125)102-57(41-65(89)112)82(130)106-38-21-24-60(106)81(129)105-70(45(2)3)71(90)119/h26-27,39,45,50-60,70,107-108H,5-25,28-38,40-44,85H2,1-4H3,(H2,86,109)(H2,87,110)(H2,88,111)(H2,89,112)(H2,90,119)(H,93,114)(H,95,113)(H,96,122)(H,97,123)(H,98,126)(H,99,127)(H,100,128)(H,101,124)(H,102,125)(H,103,120)(H,104,121)(H,105,129)(H,115,116)(H,117,118)(H4,91,92,94)/t50-,51-,52-,53-,54-,55-,56-,57-,58-,59-,60-,70-/m0/s1. The molecule has 48 heteroatoms. The summed E-state index contributed by atoms with van der Waals surface area (Å²) in [5.74, 6) is -24.5. The summed E-state index contributed by atoms with van der Waals surface area (Å²) in [6.07, 6.45) is 4.89. The molecule has 0 spiro atoms. The predicted octanol–water partition coefficient (Wildman–Crippen LogP) is -5.28. The van der Waals surface area contributed by atoms with Gasteiger partial charge < -0.3 is 139 Å². The van der Waals surface area contributed by atoms with Gasteiger partial charge in [-0.1, -0.05) is 97.8 Å². The number of nitrogens with one attached hydrogen (secondary N) is 14. The second kappa shape index (κ2) is 59.9. The van der Waals surface area contributed by atoms with Crippen molar-refractivity contribution in [3.05, 3.63) is 39.7 Å². The molecule has 32 N–H and O–H groups in total. The Morgan fingerprint density at radius 3 is 1.30 bits per heavy atom. The summed E-state index contributed by atoms with van der Waals surface area (Å²) in [7, 11) is 0. The SMILES string of the molecule is CCCCCCCCCCCCCCCC(=O)N[C@@H](CCC(N)=O)C(=O)N[C@@H](CCCCNC(=O)Cc1c(C)c2ccc(N)cc2oc1=O)C(=O)N[C@@H](CO)C(=O)N[C@@H](CCC(N)=O)C(=O)N[C@@H](CCCNC(=N)N)C(=O)N[C@@H](CO)C(=O)N[C@@H](CCC(N)=O)C(=O)N[C@@H](CC(=O)O)C(=O)N[C@@H](CCC(=O)O)C(=O)N[C@@H](CC(N)=O)C(=O)N1CCC[C@H]1C(=O)N[C@H](C(N)=O)C(C)C. The lowest BCUT2D eigenvalue weighted by Gasteiger charge is -2.30. The average Bonchev–Trinajstić information content (AvgIpc) is 0.878. The monoisotopic (exact) mass is 1870 g/mol. The summed E-state index contributed by atoms with van der Waals surface area (Å²) in [5.41, 5.74) is 38.9. The van der Waals surface area contributed by atoms with Crippen LogP contribution in [0.25, 0.3) is 11.0 Å². The van der Waals surface area contributed by atoms with E-state index < -0.39 is 292 Å². The van der Waals surface area contributed by atoms with Gasteiger partial charge in [-0.2, -0.15) is 0 Å². The maximum atomic E-state index is 14.5. The van der Waals surface area contributed by atoms with Crippen LogP contribution in [0.4, 0.5) is 5.69 Å². The number of carbonyl (C=O) groups is 20. The highest BCUT2D eigenvalue weighted by Crippen LogP contribution is 2.24. The molecular formula is C84H134N22O26. The van der Waals surface area contributed by atoms with E-state index in [-0.39, 0.29) is 82.1 Å². The molecule has 1 aromatic heterocycles. The number of aliphatic hydroxyl groups is 2. The number of unbranched alkanes of at least 4 members (excludes halogenated alkanes) is 13. The number of aliphatic carboxylic acids is 2. The lowest BCUT2D eigenvalue weighted by molar-refractivity contribution is -0.144. The molecule has 1 aromatic carbocycles. The molecule has 0 radical (unpaired) electrons. The molecule has 2 heterocycles. The van der Waals surface area contributed by atoms with E-state index in [1.807, 2.05) is 5.32 Å². The Morgan fingerprint density at radius 2 is 0.864 bits per heavy atom. The number of primary amides is 5. The molecule has 2 aromatic rings. The van der Waals surface area contributed by atoms with Crippen molar-refractivity contribution in [3.63, 3.8) is 0 Å². The van der Waals surface area contributed by atoms with E-state index in [1.54, 1.807) is 32.9 Å². The quantitative estimate of drug-likeness (QED) is 0.00967. The number of nitrogen functional groups attached to an aromatic ring is 1. The van der Waals surface area contributed by atoms with Crippen LogP contribution in [0.5, 0.6) is 0 Å². The number of hydrogen-bond donors (Lipinski definition) is 25. The number of carboxylic acids is 2. The number of aliphatic hydroxyl groups excluding tert-OH is 2. The summed E-state index contributed by atoms with van der Waals surface area (Å²) in [4.78, 5) is 283. The van der Waals surface area contributed by atoms with E-state index in [4.69, 9.17) is 50.0 Å². The number of anilines is 1. The molecule has 0 saturated carbocycles. The van der Waals surface area contributed by atoms with Crippen LogP contribution in [-0.2, 0) is 102 Å². The summed E-state index contributed by atoms with van der Waals surface area (Å²) in [6.45, 7) is 4.02. The summed E-state index contributed by atoms with van der Waals surface area (Å²) >= 11 is 0. The third-order valence-electron chi connectivity index (χ3n) is 21.7. The van der Waals surface area contributed by atoms with E-state index in [9.17, 15) is 121 Å². The lowest BCUT2D eigenvalue weighted by atomic mass is 10.0. The van der Waals surface area contributed by atoms with Gasteiger partial charge in [-0.3, -0.25) is 101 Å². The van der Waals surface area contributed by atoms with Gasteiger partial charge in [-0.25, -0.2) is 4.79 Å². The van der Waals surface area contributed by atoms with Gasteiger partial charge in [0.25, 0.3) is 0 Å². The van der Waals surface area contributed by atoms with Crippen LogP contribution in [0.2, 0.25) is 0 Å². The second-order valence-electron chi connectivity index (χ2n) is 32.8. The zero-order chi connectivity index (χ0) is 98.9. The summed E-state index contributed by atoms with van der Waals surface area (Å²) in [5, 5.41) is 79.5. The molecular weight excluding hydrogens is 1730 g/mol.